The van der Waals surface area contributed by atoms with Gasteiger partial charge in [0.2, 0.25) is 0 Å². The molecule has 5 rings (SSSR count). The third-order valence-corrected chi connectivity index (χ3v) is 6.40. The van der Waals surface area contributed by atoms with Crippen LogP contribution in [0.5, 0.6) is 0 Å². The number of hydrogen-bond acceptors (Lipinski definition) is 8. The van der Waals surface area contributed by atoms with E-state index in [1.54, 1.807) is 36.8 Å². The van der Waals surface area contributed by atoms with Crippen molar-refractivity contribution < 1.29 is 4.79 Å². The van der Waals surface area contributed by atoms with Crippen molar-refractivity contribution in [3.8, 4) is 11.3 Å². The van der Waals surface area contributed by atoms with Gasteiger partial charge in [0.15, 0.2) is 0 Å². The minimum Gasteiger partial charge on any atom is -0.322 e. The first-order chi connectivity index (χ1) is 18.6. The molecule has 4 aromatic rings. The van der Waals surface area contributed by atoms with Gasteiger partial charge in [-0.05, 0) is 60.5 Å². The van der Waals surface area contributed by atoms with E-state index in [9.17, 15) is 9.70 Å². The van der Waals surface area contributed by atoms with Gasteiger partial charge in [0.25, 0.3) is 11.9 Å². The van der Waals surface area contributed by atoms with E-state index < -0.39 is 0 Å². The second kappa shape index (κ2) is 11.7. The summed E-state index contributed by atoms with van der Waals surface area (Å²) in [5.74, 6) is -0.123. The van der Waals surface area contributed by atoms with Crippen molar-refractivity contribution in [1.82, 2.24) is 25.2 Å². The van der Waals surface area contributed by atoms with Gasteiger partial charge in [-0.25, -0.2) is 9.97 Å². The first kappa shape index (κ1) is 25.1. The fourth-order valence-electron chi connectivity index (χ4n) is 4.32. The standard InChI is InChI=1S/C28H28N8O2/c1-20-4-9-24(32-27(37)22-7-5-21(6-8-22)19-35-15-13-29-14-16-35)17-26(20)36(34-38)28-31-12-10-25(33-28)23-3-2-11-30-18-23/h2-12,17-18,29H,13-16,19H2,1H3,(H,32,37). The summed E-state index contributed by atoms with van der Waals surface area (Å²) >= 11 is 0. The number of piperazine rings is 1. The van der Waals surface area contributed by atoms with E-state index in [0.29, 0.717) is 22.6 Å². The number of carbonyl (C=O) groups excluding carboxylic acids is 1. The number of aryl methyl sites for hydroxylation is 1. The number of aromatic nitrogens is 3. The maximum absolute atomic E-state index is 13.0. The van der Waals surface area contributed by atoms with Gasteiger partial charge >= 0.3 is 0 Å². The highest BCUT2D eigenvalue weighted by atomic mass is 16.3. The number of pyridine rings is 1. The number of rotatable bonds is 8. The van der Waals surface area contributed by atoms with E-state index in [0.717, 1.165) is 48.9 Å². The summed E-state index contributed by atoms with van der Waals surface area (Å²) in [5.41, 5.74) is 4.88. The smallest absolute Gasteiger partial charge is 0.255 e. The molecule has 0 atom stereocenters. The Labute approximate surface area is 220 Å². The Balaban J connectivity index is 1.32. The summed E-state index contributed by atoms with van der Waals surface area (Å²) in [6, 6.07) is 18.3. The highest BCUT2D eigenvalue weighted by Gasteiger charge is 2.18. The van der Waals surface area contributed by atoms with Crippen LogP contribution in [-0.4, -0.2) is 51.9 Å². The van der Waals surface area contributed by atoms with Crippen LogP contribution in [0, 0.1) is 11.8 Å². The van der Waals surface area contributed by atoms with Gasteiger partial charge < -0.3 is 10.6 Å². The number of carbonyl (C=O) groups is 1. The van der Waals surface area contributed by atoms with Gasteiger partial charge in [-0.15, -0.1) is 4.91 Å². The molecule has 0 saturated carbocycles. The molecule has 1 saturated heterocycles. The predicted octanol–water partition coefficient (Wildman–Crippen LogP) is 4.32. The van der Waals surface area contributed by atoms with E-state index in [2.05, 4.69) is 35.8 Å². The summed E-state index contributed by atoms with van der Waals surface area (Å²) in [5, 5.41) is 10.6. The molecular formula is C28H28N8O2. The summed E-state index contributed by atoms with van der Waals surface area (Å²) in [6.07, 6.45) is 4.93. The minimum absolute atomic E-state index is 0.119. The number of anilines is 3. The average Bonchev–Trinajstić information content (AvgIpc) is 2.96. The predicted molar refractivity (Wildman–Crippen MR) is 147 cm³/mol. The van der Waals surface area contributed by atoms with Crippen molar-refractivity contribution in [3.63, 3.8) is 0 Å². The zero-order valence-corrected chi connectivity index (χ0v) is 21.0. The van der Waals surface area contributed by atoms with Crippen LogP contribution < -0.4 is 15.6 Å². The second-order valence-electron chi connectivity index (χ2n) is 9.06. The number of nitroso groups, excluding NO2 is 1. The molecule has 2 N–H and O–H groups in total. The lowest BCUT2D eigenvalue weighted by Crippen LogP contribution is -2.42. The van der Waals surface area contributed by atoms with Crippen molar-refractivity contribution >= 4 is 23.2 Å². The number of nitrogens with one attached hydrogen (secondary N) is 2. The molecule has 0 spiro atoms. The third-order valence-electron chi connectivity index (χ3n) is 6.40. The zero-order chi connectivity index (χ0) is 26.3. The molecule has 10 nitrogen and oxygen atoms in total. The molecule has 38 heavy (non-hydrogen) atoms. The number of benzene rings is 2. The Morgan fingerprint density at radius 2 is 1.89 bits per heavy atom. The van der Waals surface area contributed by atoms with Gasteiger partial charge in [-0.1, -0.05) is 18.2 Å². The molecule has 3 heterocycles. The van der Waals surface area contributed by atoms with Crippen LogP contribution >= 0.6 is 0 Å². The molecule has 192 valence electrons. The van der Waals surface area contributed by atoms with Crippen molar-refractivity contribution in [2.24, 2.45) is 5.29 Å². The molecule has 2 aromatic carbocycles. The van der Waals surface area contributed by atoms with Crippen molar-refractivity contribution in [2.75, 3.05) is 36.5 Å². The van der Waals surface area contributed by atoms with Crippen LogP contribution in [0.3, 0.4) is 0 Å². The van der Waals surface area contributed by atoms with Gasteiger partial charge in [0, 0.05) is 68.1 Å². The molecule has 0 radical (unpaired) electrons. The maximum atomic E-state index is 13.0. The summed E-state index contributed by atoms with van der Waals surface area (Å²) < 4.78 is 0. The Bertz CT molecular complexity index is 1410. The summed E-state index contributed by atoms with van der Waals surface area (Å²) in [7, 11) is 0. The Kier molecular flexibility index (Phi) is 7.72. The Morgan fingerprint density at radius 3 is 2.63 bits per heavy atom. The number of hydrogen-bond donors (Lipinski definition) is 2. The summed E-state index contributed by atoms with van der Waals surface area (Å²) in [6.45, 7) is 6.74. The number of nitrogens with zero attached hydrogens (tertiary/aromatic N) is 6. The van der Waals surface area contributed by atoms with Crippen molar-refractivity contribution in [1.29, 1.82) is 0 Å². The minimum atomic E-state index is -0.242. The fraction of sp³-hybridized carbons (Fsp3) is 0.214. The molecule has 0 aliphatic carbocycles. The first-order valence-electron chi connectivity index (χ1n) is 12.4. The van der Waals surface area contributed by atoms with Gasteiger partial charge in [-0.2, -0.15) is 5.01 Å². The quantitative estimate of drug-likeness (QED) is 0.267. The van der Waals surface area contributed by atoms with Gasteiger partial charge in [-0.3, -0.25) is 14.7 Å². The van der Waals surface area contributed by atoms with Crippen LogP contribution in [0.1, 0.15) is 21.5 Å². The van der Waals surface area contributed by atoms with E-state index in [-0.39, 0.29) is 11.9 Å². The normalized spacial score (nSPS) is 13.6. The van der Waals surface area contributed by atoms with E-state index in [4.69, 9.17) is 0 Å². The monoisotopic (exact) mass is 508 g/mol. The number of amides is 1. The van der Waals surface area contributed by atoms with Crippen LogP contribution in [0.4, 0.5) is 17.3 Å². The molecule has 1 amide bonds. The average molecular weight is 509 g/mol. The highest BCUT2D eigenvalue weighted by Crippen LogP contribution is 2.30. The molecule has 1 aliphatic rings. The summed E-state index contributed by atoms with van der Waals surface area (Å²) in [4.78, 5) is 40.2. The maximum Gasteiger partial charge on any atom is 0.255 e. The third kappa shape index (κ3) is 5.88. The molecule has 0 bridgehead atoms. The molecule has 1 fully saturated rings. The lowest BCUT2D eigenvalue weighted by atomic mass is 10.1. The lowest BCUT2D eigenvalue weighted by Gasteiger charge is -2.27. The van der Waals surface area contributed by atoms with Crippen LogP contribution in [0.25, 0.3) is 11.3 Å². The van der Waals surface area contributed by atoms with Gasteiger partial charge in [0.05, 0.1) is 16.7 Å². The fourth-order valence-corrected chi connectivity index (χ4v) is 4.32. The highest BCUT2D eigenvalue weighted by molar-refractivity contribution is 6.04. The Hall–Kier alpha value is -4.54. The Morgan fingerprint density at radius 1 is 1.08 bits per heavy atom. The molecule has 10 heteroatoms. The molecular weight excluding hydrogens is 480 g/mol. The SMILES string of the molecule is Cc1ccc(NC(=O)c2ccc(CN3CCNCC3)cc2)cc1N(N=O)c1nccc(-c2cccnc2)n1. The topological polar surface area (TPSA) is 116 Å². The van der Waals surface area contributed by atoms with Crippen LogP contribution in [0.15, 0.2) is 84.5 Å². The second-order valence-corrected chi connectivity index (χ2v) is 9.06. The molecule has 0 unspecified atom stereocenters. The molecule has 2 aromatic heterocycles. The first-order valence-corrected chi connectivity index (χ1v) is 12.4. The van der Waals surface area contributed by atoms with Crippen LogP contribution in [0.2, 0.25) is 0 Å². The van der Waals surface area contributed by atoms with Gasteiger partial charge in [0.1, 0.15) is 0 Å². The van der Waals surface area contributed by atoms with E-state index in [1.165, 1.54) is 5.56 Å². The zero-order valence-electron chi connectivity index (χ0n) is 21.0. The van der Waals surface area contributed by atoms with Crippen LogP contribution in [-0.2, 0) is 6.54 Å². The molecule has 1 aliphatic heterocycles. The van der Waals surface area contributed by atoms with E-state index >= 15 is 0 Å². The lowest BCUT2D eigenvalue weighted by molar-refractivity contribution is 0.102. The largest absolute Gasteiger partial charge is 0.322 e. The van der Waals surface area contributed by atoms with Crippen molar-refractivity contribution in [2.45, 2.75) is 13.5 Å². The van der Waals surface area contributed by atoms with E-state index in [1.807, 2.05) is 49.4 Å². The van der Waals surface area contributed by atoms with Crippen molar-refractivity contribution in [3.05, 3.63) is 101 Å².